The lowest BCUT2D eigenvalue weighted by molar-refractivity contribution is -0.137. The second-order valence-corrected chi connectivity index (χ2v) is 12.3. The first kappa shape index (κ1) is 28.7. The van der Waals surface area contributed by atoms with Crippen LogP contribution in [0.15, 0.2) is 82.6 Å². The molecule has 3 aromatic carbocycles. The maximum Gasteiger partial charge on any atom is 0.416 e. The Labute approximate surface area is 250 Å². The highest BCUT2D eigenvalue weighted by atomic mass is 32.2. The highest BCUT2D eigenvalue weighted by molar-refractivity contribution is 8.00. The highest BCUT2D eigenvalue weighted by Crippen LogP contribution is 2.55. The molecule has 2 aliphatic rings. The fourth-order valence-electron chi connectivity index (χ4n) is 5.40. The van der Waals surface area contributed by atoms with E-state index in [1.165, 1.54) is 16.7 Å². The Morgan fingerprint density at radius 3 is 2.40 bits per heavy atom. The zero-order valence-electron chi connectivity index (χ0n) is 22.3. The van der Waals surface area contributed by atoms with Gasteiger partial charge in [-0.15, -0.1) is 0 Å². The number of aromatic nitrogens is 1. The third kappa shape index (κ3) is 5.12. The van der Waals surface area contributed by atoms with Gasteiger partial charge in [-0.3, -0.25) is 23.7 Å². The van der Waals surface area contributed by atoms with E-state index < -0.39 is 51.4 Å². The number of rotatable bonds is 5. The molecule has 43 heavy (non-hydrogen) atoms. The molecule has 1 saturated heterocycles. The number of benzene rings is 3. The molecule has 0 unspecified atom stereocenters. The van der Waals surface area contributed by atoms with Crippen LogP contribution in [0.3, 0.4) is 0 Å². The van der Waals surface area contributed by atoms with E-state index in [9.17, 15) is 37.5 Å². The number of fused-ring (bicyclic) bond motifs is 2. The van der Waals surface area contributed by atoms with Crippen LogP contribution in [-0.4, -0.2) is 32.6 Å². The number of thioether (sulfide) groups is 1. The number of aromatic hydroxyl groups is 1. The van der Waals surface area contributed by atoms with Gasteiger partial charge in [-0.05, 0) is 43.3 Å². The normalized spacial score (nSPS) is 19.7. The molecule has 0 radical (unpaired) electrons. The maximum atomic E-state index is 13.9. The smallest absolute Gasteiger partial charge is 0.416 e. The molecule has 13 heteroatoms. The number of thiazole rings is 1. The van der Waals surface area contributed by atoms with Gasteiger partial charge in [0.25, 0.3) is 0 Å². The first-order valence-corrected chi connectivity index (χ1v) is 14.7. The molecule has 0 bridgehead atoms. The van der Waals surface area contributed by atoms with Crippen LogP contribution in [0.1, 0.15) is 27.5 Å². The number of halogens is 3. The number of nitrogens with one attached hydrogen (secondary N) is 1. The zero-order chi connectivity index (χ0) is 30.6. The van der Waals surface area contributed by atoms with E-state index >= 15 is 0 Å². The number of amides is 3. The molecule has 2 N–H and O–H groups in total. The van der Waals surface area contributed by atoms with E-state index in [1.807, 2.05) is 19.1 Å². The maximum absolute atomic E-state index is 13.9. The number of carbonyl (C=O) groups is 3. The summed E-state index contributed by atoms with van der Waals surface area (Å²) in [6, 6.07) is 17.2. The zero-order valence-corrected chi connectivity index (χ0v) is 23.9. The van der Waals surface area contributed by atoms with Crippen LogP contribution < -0.4 is 15.1 Å². The minimum atomic E-state index is -4.69. The molecule has 8 nitrogen and oxygen atoms in total. The van der Waals surface area contributed by atoms with Gasteiger partial charge in [-0.25, -0.2) is 4.90 Å². The Balaban J connectivity index is 1.42. The number of anilines is 2. The lowest BCUT2D eigenvalue weighted by Gasteiger charge is -2.31. The highest BCUT2D eigenvalue weighted by Gasteiger charge is 2.57. The number of imide groups is 1. The number of hydrogen-bond donors (Lipinski definition) is 2. The molecule has 3 atom stereocenters. The predicted octanol–water partition coefficient (Wildman–Crippen LogP) is 5.38. The summed E-state index contributed by atoms with van der Waals surface area (Å²) in [5.41, 5.74) is 0.564. The summed E-state index contributed by atoms with van der Waals surface area (Å²) >= 11 is 1.73. The first-order valence-electron chi connectivity index (χ1n) is 13.0. The number of alkyl halides is 3. The number of para-hydroxylation sites is 1. The Morgan fingerprint density at radius 2 is 1.70 bits per heavy atom. The van der Waals surface area contributed by atoms with Gasteiger partial charge in [0.1, 0.15) is 17.5 Å². The summed E-state index contributed by atoms with van der Waals surface area (Å²) in [5, 5.41) is 12.7. The van der Waals surface area contributed by atoms with Gasteiger partial charge in [-0.2, -0.15) is 13.2 Å². The molecular weight excluding hydrogens is 603 g/mol. The number of nitrogens with zero attached hydrogens (tertiary/aromatic N) is 2. The van der Waals surface area contributed by atoms with Crippen molar-refractivity contribution in [2.75, 3.05) is 10.2 Å². The Morgan fingerprint density at radius 1 is 0.977 bits per heavy atom. The number of carbonyl (C=O) groups excluding carboxylic acids is 3. The molecule has 0 aliphatic carbocycles. The molecule has 1 aromatic heterocycles. The quantitative estimate of drug-likeness (QED) is 0.289. The molecule has 0 saturated carbocycles. The van der Waals surface area contributed by atoms with Crippen molar-refractivity contribution in [3.8, 4) is 5.75 Å². The first-order chi connectivity index (χ1) is 20.4. The average molecular weight is 626 g/mol. The molecule has 1 fully saturated rings. The summed E-state index contributed by atoms with van der Waals surface area (Å²) in [6.45, 7) is 1.52. The summed E-state index contributed by atoms with van der Waals surface area (Å²) in [7, 11) is 0. The van der Waals surface area contributed by atoms with Gasteiger partial charge in [0, 0.05) is 22.0 Å². The van der Waals surface area contributed by atoms with Crippen LogP contribution in [0.25, 0.3) is 0 Å². The lowest BCUT2D eigenvalue weighted by Crippen LogP contribution is -2.33. The molecule has 4 aromatic rings. The Hall–Kier alpha value is -4.36. The molecule has 0 spiro atoms. The van der Waals surface area contributed by atoms with E-state index in [0.717, 1.165) is 51.8 Å². The fourth-order valence-corrected chi connectivity index (χ4v) is 8.16. The third-order valence-electron chi connectivity index (χ3n) is 7.39. The van der Waals surface area contributed by atoms with Crippen molar-refractivity contribution in [3.63, 3.8) is 0 Å². The van der Waals surface area contributed by atoms with Gasteiger partial charge < -0.3 is 10.4 Å². The van der Waals surface area contributed by atoms with Gasteiger partial charge in [0.2, 0.25) is 17.7 Å². The van der Waals surface area contributed by atoms with E-state index in [2.05, 4.69) is 5.32 Å². The van der Waals surface area contributed by atoms with Crippen molar-refractivity contribution >= 4 is 52.2 Å². The van der Waals surface area contributed by atoms with Crippen molar-refractivity contribution in [1.82, 2.24) is 4.57 Å². The van der Waals surface area contributed by atoms with Crippen molar-refractivity contribution in [3.05, 3.63) is 104 Å². The van der Waals surface area contributed by atoms with Gasteiger partial charge in [0.05, 0.1) is 22.2 Å². The Bertz CT molecular complexity index is 1830. The van der Waals surface area contributed by atoms with Gasteiger partial charge in [-0.1, -0.05) is 65.1 Å². The minimum Gasteiger partial charge on any atom is -0.508 e. The van der Waals surface area contributed by atoms with Crippen LogP contribution in [0.4, 0.5) is 24.5 Å². The number of hydrogen-bond acceptors (Lipinski definition) is 7. The summed E-state index contributed by atoms with van der Waals surface area (Å²) in [4.78, 5) is 54.5. The van der Waals surface area contributed by atoms with E-state index in [-0.39, 0.29) is 28.6 Å². The van der Waals surface area contributed by atoms with E-state index in [1.54, 1.807) is 30.3 Å². The summed E-state index contributed by atoms with van der Waals surface area (Å²) in [6.07, 6.45) is -4.69. The average Bonchev–Trinajstić information content (AvgIpc) is 3.40. The predicted molar refractivity (Wildman–Crippen MR) is 155 cm³/mol. The third-order valence-corrected chi connectivity index (χ3v) is 9.99. The molecular formula is C30H22F3N3O5S2. The lowest BCUT2D eigenvalue weighted by atomic mass is 9.82. The van der Waals surface area contributed by atoms with Crippen LogP contribution in [0.5, 0.6) is 5.75 Å². The summed E-state index contributed by atoms with van der Waals surface area (Å²) < 4.78 is 41.6. The SMILES string of the molecule is Cc1ccc(NC(=O)Cn2c3c(sc2=O)[C@@H](c2ccccc2O)[C@H]2C(=O)N(c4cccc(C(F)(F)F)c4)C(=O)[C@H]2S3)cc1. The monoisotopic (exact) mass is 625 g/mol. The van der Waals surface area contributed by atoms with Crippen LogP contribution in [0, 0.1) is 12.8 Å². The molecule has 6 rings (SSSR count). The second-order valence-electron chi connectivity index (χ2n) is 10.2. The fraction of sp³-hybridized carbons (Fsp3) is 0.200. The van der Waals surface area contributed by atoms with Gasteiger partial charge >= 0.3 is 11.0 Å². The van der Waals surface area contributed by atoms with Crippen molar-refractivity contribution in [2.24, 2.45) is 5.92 Å². The van der Waals surface area contributed by atoms with Crippen molar-refractivity contribution in [1.29, 1.82) is 0 Å². The van der Waals surface area contributed by atoms with Crippen molar-refractivity contribution in [2.45, 2.75) is 35.8 Å². The topological polar surface area (TPSA) is 109 Å². The largest absolute Gasteiger partial charge is 0.508 e. The van der Waals surface area contributed by atoms with Gasteiger partial charge in [0.15, 0.2) is 0 Å². The number of phenols is 1. The summed E-state index contributed by atoms with van der Waals surface area (Å²) in [5.74, 6) is -4.25. The Kier molecular flexibility index (Phi) is 7.17. The standard InChI is InChI=1S/C30H22F3N3O5S2/c1-15-9-11-17(12-10-15)34-21(38)14-35-28-25(43-29(35)41)22(19-7-2-3-8-20(19)37)23-24(42-28)27(40)36(26(23)39)18-6-4-5-16(13-18)30(31,32)33/h2-13,22-24,37H,14H2,1H3,(H,34,38)/t22-,23+,24-/m0/s1. The van der Waals surface area contributed by atoms with Crippen LogP contribution in [-0.2, 0) is 27.1 Å². The van der Waals surface area contributed by atoms with E-state index in [0.29, 0.717) is 10.6 Å². The van der Waals surface area contributed by atoms with Crippen LogP contribution in [0.2, 0.25) is 0 Å². The number of phenolic OH excluding ortho intramolecular Hbond substituents is 1. The molecule has 2 aliphatic heterocycles. The van der Waals surface area contributed by atoms with E-state index in [4.69, 9.17) is 0 Å². The molecule has 3 heterocycles. The second kappa shape index (κ2) is 10.7. The minimum absolute atomic E-state index is 0.175. The molecule has 220 valence electrons. The van der Waals surface area contributed by atoms with Crippen molar-refractivity contribution < 1.29 is 32.7 Å². The van der Waals surface area contributed by atoms with Crippen LogP contribution >= 0.6 is 23.1 Å². The number of aryl methyl sites for hydroxylation is 1. The molecule has 3 amide bonds.